The molecular formula is C25H50N2. The summed E-state index contributed by atoms with van der Waals surface area (Å²) in [6.07, 6.45) is 27.7. The molecule has 0 bridgehead atoms. The van der Waals surface area contributed by atoms with Crippen molar-refractivity contribution in [3.63, 3.8) is 0 Å². The van der Waals surface area contributed by atoms with Crippen molar-refractivity contribution in [1.82, 2.24) is 0 Å². The molecule has 0 aliphatic rings. The van der Waals surface area contributed by atoms with Crippen molar-refractivity contribution in [3.8, 4) is 0 Å². The van der Waals surface area contributed by atoms with E-state index in [4.69, 9.17) is 11.5 Å². The van der Waals surface area contributed by atoms with Crippen LogP contribution in [-0.4, -0.2) is 13.1 Å². The quantitative estimate of drug-likeness (QED) is 0.153. The monoisotopic (exact) mass is 378 g/mol. The summed E-state index contributed by atoms with van der Waals surface area (Å²) in [6, 6.07) is 0. The van der Waals surface area contributed by atoms with Gasteiger partial charge in [0.1, 0.15) is 0 Å². The fourth-order valence-electron chi connectivity index (χ4n) is 3.96. The van der Waals surface area contributed by atoms with Crippen LogP contribution in [0, 0.1) is 5.41 Å². The van der Waals surface area contributed by atoms with Gasteiger partial charge in [-0.1, -0.05) is 89.2 Å². The SMILES string of the molecule is C=CCCCCCCCCCC(CN)(CN)CCCCCCCCCC=C. The minimum atomic E-state index is 0.202. The van der Waals surface area contributed by atoms with Crippen LogP contribution in [0.2, 0.25) is 0 Å². The normalized spacial score (nSPS) is 11.6. The average molecular weight is 379 g/mol. The summed E-state index contributed by atoms with van der Waals surface area (Å²) < 4.78 is 0. The van der Waals surface area contributed by atoms with Gasteiger partial charge in [-0.3, -0.25) is 0 Å². The molecule has 0 rings (SSSR count). The lowest BCUT2D eigenvalue weighted by Crippen LogP contribution is -2.38. The molecule has 0 aliphatic carbocycles. The molecular weight excluding hydrogens is 328 g/mol. The number of hydrogen-bond donors (Lipinski definition) is 2. The number of hydrogen-bond acceptors (Lipinski definition) is 2. The van der Waals surface area contributed by atoms with Gasteiger partial charge in [0, 0.05) is 0 Å². The number of rotatable bonds is 22. The predicted octanol–water partition coefficient (Wildman–Crippen LogP) is 7.28. The van der Waals surface area contributed by atoms with E-state index < -0.39 is 0 Å². The molecule has 0 aromatic heterocycles. The minimum Gasteiger partial charge on any atom is -0.330 e. The van der Waals surface area contributed by atoms with E-state index in [-0.39, 0.29) is 5.41 Å². The van der Waals surface area contributed by atoms with E-state index in [9.17, 15) is 0 Å². The second-order valence-corrected chi connectivity index (χ2v) is 8.51. The second kappa shape index (κ2) is 20.1. The van der Waals surface area contributed by atoms with Gasteiger partial charge >= 0.3 is 0 Å². The van der Waals surface area contributed by atoms with Gasteiger partial charge in [-0.25, -0.2) is 0 Å². The van der Waals surface area contributed by atoms with Crippen LogP contribution in [0.4, 0.5) is 0 Å². The standard InChI is InChI=1S/C25H50N2/c1-3-5-7-9-11-13-15-17-19-21-25(23-26,24-27)22-20-18-16-14-12-10-8-6-4-2/h3-4H,1-2,5-24,26-27H2. The lowest BCUT2D eigenvalue weighted by Gasteiger charge is -2.31. The fraction of sp³-hybridized carbons (Fsp3) is 0.840. The van der Waals surface area contributed by atoms with Gasteiger partial charge in [-0.05, 0) is 57.0 Å². The third-order valence-electron chi connectivity index (χ3n) is 6.10. The van der Waals surface area contributed by atoms with Crippen molar-refractivity contribution in [3.05, 3.63) is 25.3 Å². The van der Waals surface area contributed by atoms with Crippen LogP contribution in [0.5, 0.6) is 0 Å². The Morgan fingerprint density at radius 1 is 0.481 bits per heavy atom. The van der Waals surface area contributed by atoms with E-state index in [0.717, 1.165) is 13.1 Å². The Morgan fingerprint density at radius 3 is 1.07 bits per heavy atom. The molecule has 0 aromatic carbocycles. The highest BCUT2D eigenvalue weighted by atomic mass is 14.7. The Kier molecular flexibility index (Phi) is 19.7. The summed E-state index contributed by atoms with van der Waals surface area (Å²) in [5, 5.41) is 0. The van der Waals surface area contributed by atoms with Gasteiger partial charge in [0.15, 0.2) is 0 Å². The Labute approximate surface area is 171 Å². The molecule has 4 N–H and O–H groups in total. The highest BCUT2D eigenvalue weighted by Crippen LogP contribution is 2.30. The largest absolute Gasteiger partial charge is 0.330 e. The smallest absolute Gasteiger partial charge is 0.000844 e. The molecule has 0 fully saturated rings. The van der Waals surface area contributed by atoms with Crippen molar-refractivity contribution in [2.45, 2.75) is 116 Å². The van der Waals surface area contributed by atoms with Crippen molar-refractivity contribution in [1.29, 1.82) is 0 Å². The molecule has 27 heavy (non-hydrogen) atoms. The topological polar surface area (TPSA) is 52.0 Å². The fourth-order valence-corrected chi connectivity index (χ4v) is 3.96. The lowest BCUT2D eigenvalue weighted by atomic mass is 9.78. The Morgan fingerprint density at radius 2 is 0.778 bits per heavy atom. The van der Waals surface area contributed by atoms with Gasteiger partial charge in [-0.2, -0.15) is 0 Å². The number of allylic oxidation sites excluding steroid dienone is 2. The van der Waals surface area contributed by atoms with Crippen LogP contribution in [0.3, 0.4) is 0 Å². The minimum absolute atomic E-state index is 0.202. The summed E-state index contributed by atoms with van der Waals surface area (Å²) >= 11 is 0. The van der Waals surface area contributed by atoms with Crippen LogP contribution in [0.15, 0.2) is 25.3 Å². The van der Waals surface area contributed by atoms with Crippen LogP contribution in [0.1, 0.15) is 116 Å². The van der Waals surface area contributed by atoms with Crippen LogP contribution in [0.25, 0.3) is 0 Å². The Bertz CT molecular complexity index is 292. The maximum absolute atomic E-state index is 6.14. The molecule has 0 amide bonds. The van der Waals surface area contributed by atoms with Crippen LogP contribution >= 0.6 is 0 Å². The van der Waals surface area contributed by atoms with Gasteiger partial charge in [0.2, 0.25) is 0 Å². The molecule has 0 heterocycles. The third kappa shape index (κ3) is 16.1. The molecule has 0 aliphatic heterocycles. The molecule has 0 radical (unpaired) electrons. The predicted molar refractivity (Wildman–Crippen MR) is 124 cm³/mol. The molecule has 0 unspecified atom stereocenters. The van der Waals surface area contributed by atoms with Crippen molar-refractivity contribution in [2.75, 3.05) is 13.1 Å². The molecule has 2 heteroatoms. The van der Waals surface area contributed by atoms with Gasteiger partial charge in [0.25, 0.3) is 0 Å². The molecule has 0 saturated heterocycles. The van der Waals surface area contributed by atoms with Crippen molar-refractivity contribution >= 4 is 0 Å². The highest BCUT2D eigenvalue weighted by Gasteiger charge is 2.25. The first-order valence-corrected chi connectivity index (χ1v) is 11.9. The third-order valence-corrected chi connectivity index (χ3v) is 6.10. The van der Waals surface area contributed by atoms with Crippen LogP contribution in [-0.2, 0) is 0 Å². The Hall–Kier alpha value is -0.600. The van der Waals surface area contributed by atoms with Crippen LogP contribution < -0.4 is 11.5 Å². The Balaban J connectivity index is 3.69. The summed E-state index contributed by atoms with van der Waals surface area (Å²) in [5.74, 6) is 0. The van der Waals surface area contributed by atoms with Gasteiger partial charge < -0.3 is 11.5 Å². The van der Waals surface area contributed by atoms with Crippen molar-refractivity contribution in [2.24, 2.45) is 16.9 Å². The first-order chi connectivity index (χ1) is 13.2. The summed E-state index contributed by atoms with van der Waals surface area (Å²) in [7, 11) is 0. The maximum atomic E-state index is 6.14. The molecule has 0 atom stereocenters. The maximum Gasteiger partial charge on any atom is -0.000844 e. The zero-order valence-electron chi connectivity index (χ0n) is 18.4. The van der Waals surface area contributed by atoms with Gasteiger partial charge in [-0.15, -0.1) is 13.2 Å². The lowest BCUT2D eigenvalue weighted by molar-refractivity contribution is 0.241. The molecule has 0 aromatic rings. The summed E-state index contributed by atoms with van der Waals surface area (Å²) in [4.78, 5) is 0. The molecule has 2 nitrogen and oxygen atoms in total. The number of nitrogens with two attached hydrogens (primary N) is 2. The molecule has 0 spiro atoms. The summed E-state index contributed by atoms with van der Waals surface area (Å²) in [6.45, 7) is 9.08. The molecule has 160 valence electrons. The van der Waals surface area contributed by atoms with Gasteiger partial charge in [0.05, 0.1) is 0 Å². The zero-order chi connectivity index (χ0) is 20.1. The van der Waals surface area contributed by atoms with E-state index in [0.29, 0.717) is 0 Å². The van der Waals surface area contributed by atoms with Crippen molar-refractivity contribution < 1.29 is 0 Å². The van der Waals surface area contributed by atoms with E-state index >= 15 is 0 Å². The van der Waals surface area contributed by atoms with E-state index in [1.807, 2.05) is 12.2 Å². The highest BCUT2D eigenvalue weighted by molar-refractivity contribution is 4.81. The first-order valence-electron chi connectivity index (χ1n) is 11.9. The van der Waals surface area contributed by atoms with E-state index in [1.165, 1.54) is 116 Å². The molecule has 0 saturated carbocycles. The van der Waals surface area contributed by atoms with E-state index in [1.54, 1.807) is 0 Å². The van der Waals surface area contributed by atoms with E-state index in [2.05, 4.69) is 13.2 Å². The second-order valence-electron chi connectivity index (χ2n) is 8.51. The number of unbranched alkanes of at least 4 members (excludes halogenated alkanes) is 14. The summed E-state index contributed by atoms with van der Waals surface area (Å²) in [5.41, 5.74) is 12.5. The zero-order valence-corrected chi connectivity index (χ0v) is 18.4. The average Bonchev–Trinajstić information content (AvgIpc) is 2.70. The first kappa shape index (κ1) is 26.4.